The summed E-state index contributed by atoms with van der Waals surface area (Å²) in [6.45, 7) is 5.98. The molecule has 1 fully saturated rings. The van der Waals surface area contributed by atoms with Crippen LogP contribution in [0.3, 0.4) is 0 Å². The minimum absolute atomic E-state index is 0.0300. The lowest BCUT2D eigenvalue weighted by atomic mass is 9.81. The van der Waals surface area contributed by atoms with E-state index in [9.17, 15) is 4.79 Å². The molecule has 1 heterocycles. The van der Waals surface area contributed by atoms with Crippen LogP contribution in [0.25, 0.3) is 10.2 Å². The molecule has 4 nitrogen and oxygen atoms in total. The van der Waals surface area contributed by atoms with Gasteiger partial charge in [0.05, 0.1) is 21.3 Å². The normalized spacial score (nSPS) is 15.9. The quantitative estimate of drug-likeness (QED) is 0.615. The molecule has 1 amide bonds. The Balaban J connectivity index is 1.59. The summed E-state index contributed by atoms with van der Waals surface area (Å²) in [6.07, 6.45) is 8.61. The number of carbonyl (C=O) groups excluding carboxylic acids is 1. The minimum atomic E-state index is 0.0300. The molecule has 0 bridgehead atoms. The molecule has 5 heteroatoms. The monoisotopic (exact) mass is 395 g/mol. The molecule has 28 heavy (non-hydrogen) atoms. The van der Waals surface area contributed by atoms with Crippen LogP contribution in [0.4, 0.5) is 0 Å². The number of fused-ring (bicyclic) bond motifs is 1. The van der Waals surface area contributed by atoms with Crippen molar-refractivity contribution in [3.05, 3.63) is 40.9 Å². The Labute approximate surface area is 171 Å². The lowest BCUT2D eigenvalue weighted by Gasteiger charge is -2.30. The van der Waals surface area contributed by atoms with Gasteiger partial charge in [0, 0.05) is 30.9 Å². The first-order valence-electron chi connectivity index (χ1n) is 10.3. The zero-order chi connectivity index (χ0) is 19.9. The molecule has 0 spiro atoms. The van der Waals surface area contributed by atoms with Crippen LogP contribution in [-0.4, -0.2) is 16.9 Å². The van der Waals surface area contributed by atoms with Crippen LogP contribution in [0.1, 0.15) is 62.4 Å². The van der Waals surface area contributed by atoms with E-state index in [1.165, 1.54) is 29.5 Å². The van der Waals surface area contributed by atoms with Gasteiger partial charge in [0.25, 0.3) is 0 Å². The second-order valence-electron chi connectivity index (χ2n) is 7.75. The summed E-state index contributed by atoms with van der Waals surface area (Å²) < 4.78 is 1.19. The smallest absolute Gasteiger partial charge is 0.220 e. The number of hydrogen-bond donors (Lipinski definition) is 1. The number of nitriles is 1. The predicted molar refractivity (Wildman–Crippen MR) is 115 cm³/mol. The first-order chi connectivity index (χ1) is 13.6. The van der Waals surface area contributed by atoms with Gasteiger partial charge in [0.1, 0.15) is 0 Å². The maximum Gasteiger partial charge on any atom is 0.220 e. The van der Waals surface area contributed by atoms with Gasteiger partial charge in [0.15, 0.2) is 0 Å². The van der Waals surface area contributed by atoms with Crippen molar-refractivity contribution in [1.29, 1.82) is 5.26 Å². The van der Waals surface area contributed by atoms with Crippen molar-refractivity contribution in [3.8, 4) is 6.07 Å². The molecular weight excluding hydrogens is 366 g/mol. The fourth-order valence-corrected chi connectivity index (χ4v) is 5.06. The van der Waals surface area contributed by atoms with Crippen molar-refractivity contribution in [2.75, 3.05) is 0 Å². The number of nitrogens with zero attached hydrogens (tertiary/aromatic N) is 2. The first kappa shape index (κ1) is 20.5. The van der Waals surface area contributed by atoms with Crippen molar-refractivity contribution in [1.82, 2.24) is 10.3 Å². The zero-order valence-electron chi connectivity index (χ0n) is 16.7. The molecule has 0 aliphatic heterocycles. The first-order valence-corrected chi connectivity index (χ1v) is 11.2. The van der Waals surface area contributed by atoms with Gasteiger partial charge in [-0.3, -0.25) is 4.79 Å². The molecule has 1 atom stereocenters. The van der Waals surface area contributed by atoms with Crippen LogP contribution in [0.15, 0.2) is 30.4 Å². The second kappa shape index (κ2) is 9.84. The summed E-state index contributed by atoms with van der Waals surface area (Å²) >= 11 is 1.68. The van der Waals surface area contributed by atoms with Crippen LogP contribution in [0, 0.1) is 17.2 Å². The Morgan fingerprint density at radius 2 is 2.18 bits per heavy atom. The van der Waals surface area contributed by atoms with E-state index in [-0.39, 0.29) is 11.9 Å². The number of amides is 1. The van der Waals surface area contributed by atoms with Gasteiger partial charge in [-0.15, -0.1) is 11.3 Å². The summed E-state index contributed by atoms with van der Waals surface area (Å²) in [5.41, 5.74) is 2.88. The predicted octanol–water partition coefficient (Wildman–Crippen LogP) is 5.33. The van der Waals surface area contributed by atoms with Crippen LogP contribution in [-0.2, 0) is 17.6 Å². The van der Waals surface area contributed by atoms with E-state index in [0.717, 1.165) is 29.8 Å². The van der Waals surface area contributed by atoms with Gasteiger partial charge in [-0.25, -0.2) is 4.98 Å². The standard InChI is InChI=1S/C23H29N3OS/c1-3-17-9-10-19-21(14-17)28-23(26-19)12-11-22(27)25-20(13-16(2)15-24)18-7-5-4-6-8-18/h9-10,14,18,20H,2-8,11-13H2,1H3,(H,25,27). The lowest BCUT2D eigenvalue weighted by molar-refractivity contribution is -0.122. The Kier molecular flexibility index (Phi) is 7.22. The zero-order valence-corrected chi connectivity index (χ0v) is 17.5. The Morgan fingerprint density at radius 1 is 1.39 bits per heavy atom. The molecule has 1 aromatic carbocycles. The maximum absolute atomic E-state index is 12.6. The van der Waals surface area contributed by atoms with E-state index >= 15 is 0 Å². The molecule has 1 aliphatic carbocycles. The molecule has 148 valence electrons. The summed E-state index contributed by atoms with van der Waals surface area (Å²) in [5.74, 6) is 0.507. The van der Waals surface area contributed by atoms with Crippen molar-refractivity contribution < 1.29 is 4.79 Å². The van der Waals surface area contributed by atoms with Gasteiger partial charge >= 0.3 is 0 Å². The highest BCUT2D eigenvalue weighted by Crippen LogP contribution is 2.29. The summed E-state index contributed by atoms with van der Waals surface area (Å²) in [7, 11) is 0. The number of carbonyl (C=O) groups is 1. The molecule has 1 aromatic heterocycles. The van der Waals surface area contributed by atoms with Gasteiger partial charge in [0.2, 0.25) is 5.91 Å². The highest BCUT2D eigenvalue weighted by Gasteiger charge is 2.25. The Bertz CT molecular complexity index is 874. The van der Waals surface area contributed by atoms with E-state index in [1.54, 1.807) is 11.3 Å². The lowest BCUT2D eigenvalue weighted by Crippen LogP contribution is -2.41. The third-order valence-corrected chi connectivity index (χ3v) is 6.74. The van der Waals surface area contributed by atoms with E-state index < -0.39 is 0 Å². The Morgan fingerprint density at radius 3 is 2.89 bits per heavy atom. The molecule has 0 radical (unpaired) electrons. The van der Waals surface area contributed by atoms with Gasteiger partial charge < -0.3 is 5.32 Å². The SMILES string of the molecule is C=C(C#N)CC(NC(=O)CCc1nc2ccc(CC)cc2s1)C1CCCCC1. The average molecular weight is 396 g/mol. The molecule has 3 rings (SSSR count). The number of aromatic nitrogens is 1. The fraction of sp³-hybridized carbons (Fsp3) is 0.522. The topological polar surface area (TPSA) is 65.8 Å². The maximum atomic E-state index is 12.6. The van der Waals surface area contributed by atoms with E-state index in [2.05, 4.69) is 48.1 Å². The van der Waals surface area contributed by atoms with E-state index in [0.29, 0.717) is 30.8 Å². The molecule has 1 saturated carbocycles. The number of nitrogens with one attached hydrogen (secondary N) is 1. The molecule has 1 aliphatic rings. The van der Waals surface area contributed by atoms with Crippen LogP contribution in [0.2, 0.25) is 0 Å². The number of benzene rings is 1. The average Bonchev–Trinajstić information content (AvgIpc) is 3.14. The molecule has 2 aromatic rings. The third-order valence-electron chi connectivity index (χ3n) is 5.66. The highest BCUT2D eigenvalue weighted by atomic mass is 32.1. The van der Waals surface area contributed by atoms with E-state index in [4.69, 9.17) is 5.26 Å². The minimum Gasteiger partial charge on any atom is -0.353 e. The molecule has 1 unspecified atom stereocenters. The van der Waals surface area contributed by atoms with Crippen LogP contribution in [0.5, 0.6) is 0 Å². The van der Waals surface area contributed by atoms with Crippen molar-refractivity contribution in [2.45, 2.75) is 70.8 Å². The number of hydrogen-bond acceptors (Lipinski definition) is 4. The third kappa shape index (κ3) is 5.42. The summed E-state index contributed by atoms with van der Waals surface area (Å²) in [4.78, 5) is 17.3. The van der Waals surface area contributed by atoms with Gasteiger partial charge in [-0.2, -0.15) is 5.26 Å². The van der Waals surface area contributed by atoms with Crippen LogP contribution < -0.4 is 5.32 Å². The summed E-state index contributed by atoms with van der Waals surface area (Å²) in [5, 5.41) is 13.3. The highest BCUT2D eigenvalue weighted by molar-refractivity contribution is 7.18. The fourth-order valence-electron chi connectivity index (χ4n) is 4.03. The largest absolute Gasteiger partial charge is 0.353 e. The van der Waals surface area contributed by atoms with E-state index in [1.807, 2.05) is 0 Å². The van der Waals surface area contributed by atoms with Crippen molar-refractivity contribution in [3.63, 3.8) is 0 Å². The summed E-state index contributed by atoms with van der Waals surface area (Å²) in [6, 6.07) is 8.55. The number of rotatable bonds is 8. The number of thiazole rings is 1. The van der Waals surface area contributed by atoms with Crippen molar-refractivity contribution in [2.24, 2.45) is 5.92 Å². The van der Waals surface area contributed by atoms with Crippen molar-refractivity contribution >= 4 is 27.5 Å². The van der Waals surface area contributed by atoms with Gasteiger partial charge in [-0.1, -0.05) is 38.8 Å². The van der Waals surface area contributed by atoms with Gasteiger partial charge in [-0.05, 0) is 42.9 Å². The molecule has 0 saturated heterocycles. The van der Waals surface area contributed by atoms with Crippen LogP contribution >= 0.6 is 11.3 Å². The number of aryl methyl sites for hydroxylation is 2. The second-order valence-corrected chi connectivity index (χ2v) is 8.87. The molecule has 1 N–H and O–H groups in total. The Hall–Kier alpha value is -2.19. The molecular formula is C23H29N3OS.